The van der Waals surface area contributed by atoms with Gasteiger partial charge in [-0.2, -0.15) is 12.8 Å². The lowest BCUT2D eigenvalue weighted by molar-refractivity contribution is -0.129. The van der Waals surface area contributed by atoms with Crippen LogP contribution < -0.4 is 9.50 Å². The molecule has 3 aromatic rings. The van der Waals surface area contributed by atoms with Gasteiger partial charge in [0.05, 0.1) is 17.5 Å². The summed E-state index contributed by atoms with van der Waals surface area (Å²) in [6, 6.07) is 12.4. The molecule has 1 aliphatic rings. The van der Waals surface area contributed by atoms with Crippen LogP contribution in [0.5, 0.6) is 5.75 Å². The molecule has 1 fully saturated rings. The van der Waals surface area contributed by atoms with Crippen molar-refractivity contribution in [2.24, 2.45) is 0 Å². The van der Waals surface area contributed by atoms with Gasteiger partial charge < -0.3 is 9.50 Å². The molecule has 1 aromatic carbocycles. The highest BCUT2D eigenvalue weighted by atomic mass is 32.2. The van der Waals surface area contributed by atoms with Crippen LogP contribution in [0.1, 0.15) is 11.1 Å². The number of likely N-dealkylation sites (N-methyl/N-ethyl adjacent to an activating group) is 1. The minimum atomic E-state index is -3.71. The van der Waals surface area contributed by atoms with E-state index in [-0.39, 0.29) is 22.3 Å². The maximum Gasteiger partial charge on any atom is 0.306 e. The highest BCUT2D eigenvalue weighted by Gasteiger charge is 2.51. The third kappa shape index (κ3) is 3.80. The number of hydrogen-bond acceptors (Lipinski definition) is 7. The van der Waals surface area contributed by atoms with Crippen molar-refractivity contribution in [2.45, 2.75) is 5.54 Å². The summed E-state index contributed by atoms with van der Waals surface area (Å²) >= 11 is 5.32. The highest BCUT2D eigenvalue weighted by molar-refractivity contribution is 7.86. The number of hydrogen-bond donors (Lipinski definition) is 1. The van der Waals surface area contributed by atoms with Crippen LogP contribution in [0, 0.1) is 5.95 Å². The molecule has 1 saturated heterocycles. The van der Waals surface area contributed by atoms with E-state index in [9.17, 15) is 17.6 Å². The lowest BCUT2D eigenvalue weighted by Crippen LogP contribution is -2.45. The van der Waals surface area contributed by atoms with E-state index >= 15 is 0 Å². The second-order valence-electron chi connectivity index (χ2n) is 7.13. The summed E-state index contributed by atoms with van der Waals surface area (Å²) < 4.78 is 42.0. The average Bonchev–Trinajstić information content (AvgIpc) is 2.98. The maximum absolute atomic E-state index is 14.3. The van der Waals surface area contributed by atoms with Gasteiger partial charge in [-0.25, -0.2) is 4.98 Å². The van der Waals surface area contributed by atoms with Gasteiger partial charge in [-0.3, -0.25) is 14.7 Å². The Bertz CT molecular complexity index is 1330. The Balaban J connectivity index is 1.86. The summed E-state index contributed by atoms with van der Waals surface area (Å²) in [5.74, 6) is -0.949. The molecule has 1 amide bonds. The van der Waals surface area contributed by atoms with Crippen LogP contribution in [-0.2, 0) is 20.5 Å². The normalized spacial score (nSPS) is 18.5. The van der Waals surface area contributed by atoms with E-state index in [1.807, 2.05) is 0 Å². The summed E-state index contributed by atoms with van der Waals surface area (Å²) in [5.41, 5.74) is 0.00620. The number of rotatable bonds is 5. The second-order valence-corrected chi connectivity index (χ2v) is 9.09. The number of aromatic nitrogens is 2. The van der Waals surface area contributed by atoms with E-state index in [2.05, 4.69) is 15.3 Å². The number of benzene rings is 1. The summed E-state index contributed by atoms with van der Waals surface area (Å²) in [6.07, 6.45) is 3.74. The largest absolute Gasteiger partial charge is 0.383 e. The molecule has 32 heavy (non-hydrogen) atoms. The zero-order chi connectivity index (χ0) is 23.1. The van der Waals surface area contributed by atoms with Crippen molar-refractivity contribution in [2.75, 3.05) is 13.3 Å². The van der Waals surface area contributed by atoms with E-state index in [0.717, 1.165) is 6.26 Å². The number of amides is 1. The fraction of sp³-hybridized carbons (Fsp3) is 0.143. The third-order valence-electron chi connectivity index (χ3n) is 4.99. The molecule has 0 aliphatic carbocycles. The van der Waals surface area contributed by atoms with E-state index in [0.29, 0.717) is 16.8 Å². The smallest absolute Gasteiger partial charge is 0.306 e. The summed E-state index contributed by atoms with van der Waals surface area (Å²) in [4.78, 5) is 22.6. The molecule has 1 N–H and O–H groups in total. The predicted molar refractivity (Wildman–Crippen MR) is 119 cm³/mol. The van der Waals surface area contributed by atoms with Gasteiger partial charge in [0.1, 0.15) is 5.75 Å². The Kier molecular flexibility index (Phi) is 5.39. The number of carbonyl (C=O) groups excluding carboxylic acids is 1. The molecule has 4 rings (SSSR count). The topological polar surface area (TPSA) is 101 Å². The van der Waals surface area contributed by atoms with Crippen molar-refractivity contribution in [1.82, 2.24) is 20.2 Å². The van der Waals surface area contributed by atoms with Crippen LogP contribution in [0.15, 0.2) is 60.9 Å². The van der Waals surface area contributed by atoms with Gasteiger partial charge >= 0.3 is 10.1 Å². The number of thiocarbonyl (C=S) groups is 1. The molecule has 0 spiro atoms. The first-order valence-electron chi connectivity index (χ1n) is 9.29. The Morgan fingerprint density at radius 2 is 1.81 bits per heavy atom. The van der Waals surface area contributed by atoms with Crippen LogP contribution in [0.2, 0.25) is 0 Å². The number of halogens is 1. The third-order valence-corrected chi connectivity index (χ3v) is 5.86. The molecule has 11 heteroatoms. The molecule has 2 aromatic heterocycles. The Hall–Kier alpha value is -3.44. The van der Waals surface area contributed by atoms with Gasteiger partial charge in [-0.05, 0) is 59.7 Å². The van der Waals surface area contributed by atoms with Crippen molar-refractivity contribution in [3.8, 4) is 17.0 Å². The highest BCUT2D eigenvalue weighted by Crippen LogP contribution is 2.37. The zero-order valence-electron chi connectivity index (χ0n) is 16.9. The fourth-order valence-corrected chi connectivity index (χ4v) is 4.22. The molecule has 3 heterocycles. The minimum Gasteiger partial charge on any atom is -0.383 e. The number of nitrogens with zero attached hydrogens (tertiary/aromatic N) is 3. The van der Waals surface area contributed by atoms with Crippen LogP contribution >= 0.6 is 12.2 Å². The summed E-state index contributed by atoms with van der Waals surface area (Å²) in [7, 11) is -2.16. The molecular formula is C21H17FN4O4S2. The molecular weight excluding hydrogens is 455 g/mol. The predicted octanol–water partition coefficient (Wildman–Crippen LogP) is 2.21. The SMILES string of the molecule is CN1C(=O)C(c2ccc(OS(C)(=O)=O)cc2)(c2ccnc(-c3cccnc3F)c2)NC1=S. The Labute approximate surface area is 189 Å². The number of nitrogens with one attached hydrogen (secondary N) is 1. The minimum absolute atomic E-state index is 0.0978. The second kappa shape index (κ2) is 7.92. The number of pyridine rings is 2. The first kappa shape index (κ1) is 21.8. The van der Waals surface area contributed by atoms with Crippen molar-refractivity contribution in [1.29, 1.82) is 0 Å². The number of carbonyl (C=O) groups is 1. The first-order valence-corrected chi connectivity index (χ1v) is 11.5. The lowest BCUT2D eigenvalue weighted by atomic mass is 9.82. The molecule has 0 saturated carbocycles. The van der Waals surface area contributed by atoms with Gasteiger partial charge in [0, 0.05) is 19.4 Å². The van der Waals surface area contributed by atoms with E-state index in [4.69, 9.17) is 16.4 Å². The summed E-state index contributed by atoms with van der Waals surface area (Å²) in [6.45, 7) is 0. The van der Waals surface area contributed by atoms with Gasteiger partial charge in [-0.1, -0.05) is 12.1 Å². The monoisotopic (exact) mass is 472 g/mol. The van der Waals surface area contributed by atoms with Crippen LogP contribution in [0.25, 0.3) is 11.3 Å². The van der Waals surface area contributed by atoms with E-state index < -0.39 is 21.6 Å². The fourth-order valence-electron chi connectivity index (χ4n) is 3.52. The van der Waals surface area contributed by atoms with Crippen LogP contribution in [0.4, 0.5) is 4.39 Å². The molecule has 1 aliphatic heterocycles. The summed E-state index contributed by atoms with van der Waals surface area (Å²) in [5, 5.41) is 3.28. The van der Waals surface area contributed by atoms with Crippen molar-refractivity contribution < 1.29 is 21.8 Å². The van der Waals surface area contributed by atoms with Crippen LogP contribution in [0.3, 0.4) is 0 Å². The maximum atomic E-state index is 14.3. The molecule has 164 valence electrons. The molecule has 8 nitrogen and oxygen atoms in total. The Morgan fingerprint density at radius 3 is 2.41 bits per heavy atom. The standard InChI is InChI=1S/C21H17FN4O4S2/c1-26-19(27)21(25-20(26)31,13-5-7-15(8-6-13)30-32(2,28)29)14-9-11-23-17(12-14)16-4-3-10-24-18(16)22/h3-12H,1-2H3,(H,25,31). The van der Waals surface area contributed by atoms with Gasteiger partial charge in [-0.15, -0.1) is 0 Å². The van der Waals surface area contributed by atoms with Crippen molar-refractivity contribution in [3.63, 3.8) is 0 Å². The van der Waals surface area contributed by atoms with Crippen LogP contribution in [-0.4, -0.2) is 47.6 Å². The molecule has 1 atom stereocenters. The quantitative estimate of drug-likeness (QED) is 0.343. The van der Waals surface area contributed by atoms with Crippen molar-refractivity contribution in [3.05, 3.63) is 78.0 Å². The van der Waals surface area contributed by atoms with Crippen molar-refractivity contribution >= 4 is 33.4 Å². The molecule has 0 radical (unpaired) electrons. The Morgan fingerprint density at radius 1 is 1.09 bits per heavy atom. The zero-order valence-corrected chi connectivity index (χ0v) is 18.6. The van der Waals surface area contributed by atoms with E-state index in [1.165, 1.54) is 29.4 Å². The average molecular weight is 473 g/mol. The molecule has 0 bridgehead atoms. The van der Waals surface area contributed by atoms with Gasteiger partial charge in [0.2, 0.25) is 5.95 Å². The van der Waals surface area contributed by atoms with Gasteiger partial charge in [0.15, 0.2) is 10.7 Å². The first-order chi connectivity index (χ1) is 15.1. The van der Waals surface area contributed by atoms with E-state index in [1.54, 1.807) is 43.4 Å². The lowest BCUT2D eigenvalue weighted by Gasteiger charge is -2.28. The van der Waals surface area contributed by atoms with Gasteiger partial charge in [0.25, 0.3) is 5.91 Å². The molecule has 1 unspecified atom stereocenters.